The molecule has 5 heteroatoms. The molecule has 0 aromatic heterocycles. The molecule has 1 aliphatic rings. The third kappa shape index (κ3) is 2.86. The van der Waals surface area contributed by atoms with E-state index in [-0.39, 0.29) is 19.0 Å². The molecule has 0 aliphatic carbocycles. The summed E-state index contributed by atoms with van der Waals surface area (Å²) in [4.78, 5) is 11.0. The Hall–Kier alpha value is -1.46. The summed E-state index contributed by atoms with van der Waals surface area (Å²) in [5, 5.41) is 12.2. The number of aliphatic carboxylic acids is 1. The number of halogens is 1. The monoisotopic (exact) mass is 253 g/mol. The molecular weight excluding hydrogens is 237 g/mol. The van der Waals surface area contributed by atoms with Crippen LogP contribution in [0.15, 0.2) is 24.3 Å². The van der Waals surface area contributed by atoms with Crippen LogP contribution in [0.1, 0.15) is 5.56 Å². The van der Waals surface area contributed by atoms with E-state index in [0.717, 1.165) is 12.0 Å². The van der Waals surface area contributed by atoms with Gasteiger partial charge in [0.1, 0.15) is 11.2 Å². The lowest BCUT2D eigenvalue weighted by atomic mass is 9.86. The summed E-state index contributed by atoms with van der Waals surface area (Å²) < 4.78 is 17.6. The molecule has 0 spiro atoms. The van der Waals surface area contributed by atoms with Gasteiger partial charge in [-0.25, -0.2) is 4.39 Å². The van der Waals surface area contributed by atoms with Crippen molar-refractivity contribution >= 4 is 5.97 Å². The summed E-state index contributed by atoms with van der Waals surface area (Å²) >= 11 is 0. The number of benzene rings is 1. The molecule has 0 atom stereocenters. The summed E-state index contributed by atoms with van der Waals surface area (Å²) in [5.74, 6) is -1.06. The van der Waals surface area contributed by atoms with Gasteiger partial charge in [-0.1, -0.05) is 12.1 Å². The molecule has 1 heterocycles. The van der Waals surface area contributed by atoms with Crippen molar-refractivity contribution in [1.82, 2.24) is 5.32 Å². The first-order chi connectivity index (χ1) is 8.62. The summed E-state index contributed by atoms with van der Waals surface area (Å²) in [5.41, 5.74) is 0.265. The highest BCUT2D eigenvalue weighted by Gasteiger charge is 2.45. The van der Waals surface area contributed by atoms with Crippen LogP contribution in [0.25, 0.3) is 0 Å². The topological polar surface area (TPSA) is 58.6 Å². The summed E-state index contributed by atoms with van der Waals surface area (Å²) in [6.45, 7) is 1.61. The SMILES string of the molecule is O=C(O)C1(CNCCc2ccc(F)cc2)COC1. The van der Waals surface area contributed by atoms with E-state index in [1.807, 2.05) is 0 Å². The molecule has 0 radical (unpaired) electrons. The molecule has 0 bridgehead atoms. The van der Waals surface area contributed by atoms with E-state index in [0.29, 0.717) is 13.1 Å². The lowest BCUT2D eigenvalue weighted by Gasteiger charge is -2.37. The molecule has 1 fully saturated rings. The Labute approximate surface area is 105 Å². The molecule has 1 saturated heterocycles. The van der Waals surface area contributed by atoms with E-state index in [9.17, 15) is 9.18 Å². The van der Waals surface area contributed by atoms with E-state index in [4.69, 9.17) is 9.84 Å². The molecule has 98 valence electrons. The lowest BCUT2D eigenvalue weighted by molar-refractivity contribution is -0.178. The minimum Gasteiger partial charge on any atom is -0.481 e. The van der Waals surface area contributed by atoms with Gasteiger partial charge in [0.05, 0.1) is 13.2 Å². The Kier molecular flexibility index (Phi) is 3.93. The number of rotatable bonds is 6. The van der Waals surface area contributed by atoms with Gasteiger partial charge in [-0.15, -0.1) is 0 Å². The minimum absolute atomic E-state index is 0.247. The molecule has 1 aliphatic heterocycles. The predicted molar refractivity (Wildman–Crippen MR) is 63.9 cm³/mol. The molecule has 1 aromatic carbocycles. The van der Waals surface area contributed by atoms with Crippen molar-refractivity contribution in [1.29, 1.82) is 0 Å². The molecule has 0 saturated carbocycles. The number of carbonyl (C=O) groups is 1. The van der Waals surface area contributed by atoms with E-state index >= 15 is 0 Å². The van der Waals surface area contributed by atoms with Crippen molar-refractivity contribution < 1.29 is 19.0 Å². The van der Waals surface area contributed by atoms with E-state index in [1.165, 1.54) is 12.1 Å². The van der Waals surface area contributed by atoms with Crippen LogP contribution in [0, 0.1) is 11.2 Å². The quantitative estimate of drug-likeness (QED) is 0.744. The first-order valence-corrected chi connectivity index (χ1v) is 5.89. The summed E-state index contributed by atoms with van der Waals surface area (Å²) in [7, 11) is 0. The molecule has 1 aromatic rings. The third-order valence-electron chi connectivity index (χ3n) is 3.18. The van der Waals surface area contributed by atoms with Gasteiger partial charge in [0.25, 0.3) is 0 Å². The van der Waals surface area contributed by atoms with Crippen LogP contribution in [0.3, 0.4) is 0 Å². The summed E-state index contributed by atoms with van der Waals surface area (Å²) in [6.07, 6.45) is 0.747. The largest absolute Gasteiger partial charge is 0.481 e. The lowest BCUT2D eigenvalue weighted by Crippen LogP contribution is -2.55. The molecule has 4 nitrogen and oxygen atoms in total. The van der Waals surface area contributed by atoms with Crippen LogP contribution in [0.4, 0.5) is 4.39 Å². The van der Waals surface area contributed by atoms with Crippen molar-refractivity contribution in [3.05, 3.63) is 35.6 Å². The van der Waals surface area contributed by atoms with Crippen LogP contribution in [0.5, 0.6) is 0 Å². The number of nitrogens with one attached hydrogen (secondary N) is 1. The Balaban J connectivity index is 1.73. The van der Waals surface area contributed by atoms with Gasteiger partial charge < -0.3 is 15.2 Å². The fraction of sp³-hybridized carbons (Fsp3) is 0.462. The molecule has 2 rings (SSSR count). The number of ether oxygens (including phenoxy) is 1. The van der Waals surface area contributed by atoms with Crippen molar-refractivity contribution in [3.63, 3.8) is 0 Å². The van der Waals surface area contributed by atoms with Crippen molar-refractivity contribution in [3.8, 4) is 0 Å². The Morgan fingerprint density at radius 3 is 2.56 bits per heavy atom. The average Bonchev–Trinajstić information content (AvgIpc) is 2.29. The van der Waals surface area contributed by atoms with Gasteiger partial charge in [0.2, 0.25) is 0 Å². The normalized spacial score (nSPS) is 17.2. The molecule has 2 N–H and O–H groups in total. The fourth-order valence-electron chi connectivity index (χ4n) is 1.86. The second-order valence-corrected chi connectivity index (χ2v) is 4.63. The van der Waals surface area contributed by atoms with Gasteiger partial charge in [-0.3, -0.25) is 4.79 Å². The maximum atomic E-state index is 12.7. The fourth-order valence-corrected chi connectivity index (χ4v) is 1.86. The first kappa shape index (κ1) is 13.0. The van der Waals surface area contributed by atoms with Crippen molar-refractivity contribution in [2.24, 2.45) is 5.41 Å². The molecule has 0 amide bonds. The predicted octanol–water partition coefficient (Wildman–Crippen LogP) is 1.06. The first-order valence-electron chi connectivity index (χ1n) is 5.89. The highest BCUT2D eigenvalue weighted by Crippen LogP contribution is 2.26. The average molecular weight is 253 g/mol. The zero-order valence-corrected chi connectivity index (χ0v) is 9.99. The third-order valence-corrected chi connectivity index (χ3v) is 3.18. The molecular formula is C13H16FNO3. The highest BCUT2D eigenvalue weighted by molar-refractivity contribution is 5.76. The number of carboxylic acids is 1. The molecule has 0 unspecified atom stereocenters. The standard InChI is InChI=1S/C13H16FNO3/c14-11-3-1-10(2-4-11)5-6-15-7-13(12(16)17)8-18-9-13/h1-4,15H,5-9H2,(H,16,17). The van der Waals surface area contributed by atoms with Crippen molar-refractivity contribution in [2.75, 3.05) is 26.3 Å². The second-order valence-electron chi connectivity index (χ2n) is 4.63. The van der Waals surface area contributed by atoms with Gasteiger partial charge in [0, 0.05) is 6.54 Å². The van der Waals surface area contributed by atoms with E-state index in [1.54, 1.807) is 12.1 Å². The van der Waals surface area contributed by atoms with Gasteiger partial charge in [-0.05, 0) is 30.7 Å². The van der Waals surface area contributed by atoms with Crippen LogP contribution >= 0.6 is 0 Å². The maximum Gasteiger partial charge on any atom is 0.315 e. The Morgan fingerprint density at radius 2 is 2.06 bits per heavy atom. The Bertz CT molecular complexity index is 415. The molecule has 18 heavy (non-hydrogen) atoms. The van der Waals surface area contributed by atoms with Gasteiger partial charge in [0.15, 0.2) is 0 Å². The van der Waals surface area contributed by atoms with Crippen LogP contribution in [-0.2, 0) is 16.0 Å². The number of hydrogen-bond donors (Lipinski definition) is 2. The van der Waals surface area contributed by atoms with Crippen LogP contribution in [0.2, 0.25) is 0 Å². The zero-order chi connectivity index (χ0) is 13.0. The smallest absolute Gasteiger partial charge is 0.315 e. The maximum absolute atomic E-state index is 12.7. The number of hydrogen-bond acceptors (Lipinski definition) is 3. The second kappa shape index (κ2) is 5.46. The zero-order valence-electron chi connectivity index (χ0n) is 9.99. The summed E-state index contributed by atoms with van der Waals surface area (Å²) in [6, 6.07) is 6.31. The minimum atomic E-state index is -0.817. The Morgan fingerprint density at radius 1 is 1.39 bits per heavy atom. The highest BCUT2D eigenvalue weighted by atomic mass is 19.1. The van der Waals surface area contributed by atoms with Gasteiger partial charge >= 0.3 is 5.97 Å². The number of carboxylic acid groups (broad SMARTS) is 1. The van der Waals surface area contributed by atoms with E-state index < -0.39 is 11.4 Å². The van der Waals surface area contributed by atoms with E-state index in [2.05, 4.69) is 5.32 Å². The van der Waals surface area contributed by atoms with Crippen LogP contribution < -0.4 is 5.32 Å². The van der Waals surface area contributed by atoms with Crippen LogP contribution in [-0.4, -0.2) is 37.4 Å². The van der Waals surface area contributed by atoms with Crippen molar-refractivity contribution in [2.45, 2.75) is 6.42 Å². The van der Waals surface area contributed by atoms with Gasteiger partial charge in [-0.2, -0.15) is 0 Å².